The second kappa shape index (κ2) is 9.62. The molecule has 24 heavy (non-hydrogen) atoms. The van der Waals surface area contributed by atoms with Gasteiger partial charge in [-0.15, -0.1) is 0 Å². The van der Waals surface area contributed by atoms with Crippen molar-refractivity contribution in [1.29, 1.82) is 0 Å². The van der Waals surface area contributed by atoms with Crippen LogP contribution in [0.1, 0.15) is 58.3 Å². The molecule has 0 saturated heterocycles. The van der Waals surface area contributed by atoms with Gasteiger partial charge in [0.2, 0.25) is 0 Å². The molecular weight excluding hydrogens is 328 g/mol. The molecule has 0 aromatic carbocycles. The van der Waals surface area contributed by atoms with Crippen LogP contribution < -0.4 is 5.32 Å². The van der Waals surface area contributed by atoms with Crippen LogP contribution in [0.25, 0.3) is 0 Å². The van der Waals surface area contributed by atoms with Crippen LogP contribution in [0, 0.1) is 5.92 Å². The number of esters is 1. The van der Waals surface area contributed by atoms with Gasteiger partial charge in [0.15, 0.2) is 11.3 Å². The number of hydrogen-bond acceptors (Lipinski definition) is 4. The number of carbonyl (C=O) groups is 2. The number of ether oxygens (including phenoxy) is 1. The van der Waals surface area contributed by atoms with E-state index in [4.69, 9.17) is 16.3 Å². The monoisotopic (exact) mass is 352 g/mol. The molecule has 132 valence electrons. The van der Waals surface area contributed by atoms with Crippen LogP contribution in [-0.4, -0.2) is 23.0 Å². The lowest BCUT2D eigenvalue weighted by molar-refractivity contribution is -0.153. The van der Waals surface area contributed by atoms with E-state index < -0.39 is 12.0 Å². The summed E-state index contributed by atoms with van der Waals surface area (Å²) in [6.45, 7) is 1.55. The first kappa shape index (κ1) is 18.7. The minimum atomic E-state index is -0.858. The fourth-order valence-corrected chi connectivity index (χ4v) is 3.20. The Hall–Kier alpha value is -1.62. The lowest BCUT2D eigenvalue weighted by atomic mass is 9.86. The molecule has 1 heterocycles. The summed E-state index contributed by atoms with van der Waals surface area (Å²) in [6, 6.07) is 3.31. The molecule has 0 radical (unpaired) electrons. The van der Waals surface area contributed by atoms with Gasteiger partial charge in [0, 0.05) is 12.6 Å². The van der Waals surface area contributed by atoms with E-state index in [0.29, 0.717) is 12.1 Å². The van der Waals surface area contributed by atoms with Gasteiger partial charge < -0.3 is 10.1 Å². The zero-order valence-electron chi connectivity index (χ0n) is 14.1. The van der Waals surface area contributed by atoms with Crippen LogP contribution in [-0.2, 0) is 14.3 Å². The maximum atomic E-state index is 12.0. The maximum Gasteiger partial charge on any atom is 0.306 e. The predicted octanol–water partition coefficient (Wildman–Crippen LogP) is 4.36. The number of halogens is 1. The zero-order chi connectivity index (χ0) is 17.4. The Bertz CT molecular complexity index is 559. The Morgan fingerprint density at radius 2 is 2.12 bits per heavy atom. The van der Waals surface area contributed by atoms with Crippen molar-refractivity contribution in [3.05, 3.63) is 23.5 Å². The van der Waals surface area contributed by atoms with Crippen LogP contribution in [0.4, 0.5) is 5.69 Å². The molecule has 1 amide bonds. The fourth-order valence-electron chi connectivity index (χ4n) is 3.03. The van der Waals surface area contributed by atoms with Gasteiger partial charge in [-0.1, -0.05) is 43.7 Å². The highest BCUT2D eigenvalue weighted by Gasteiger charge is 2.19. The number of nitrogens with one attached hydrogen (secondary N) is 1. The summed E-state index contributed by atoms with van der Waals surface area (Å²) in [5.74, 6) is 0.0104. The van der Waals surface area contributed by atoms with Crippen molar-refractivity contribution in [1.82, 2.24) is 4.98 Å². The number of pyridine rings is 1. The third-order valence-corrected chi connectivity index (χ3v) is 4.71. The Kier molecular flexibility index (Phi) is 7.50. The molecule has 1 saturated carbocycles. The van der Waals surface area contributed by atoms with E-state index in [1.54, 1.807) is 19.1 Å². The standard InChI is InChI=1S/C18H25ClN2O3/c1-13(18(23)21-15-10-6-12-20-17(15)19)24-16(22)11-5-9-14-7-3-2-4-8-14/h6,10,12-14H,2-5,7-9,11H2,1H3,(H,21,23). The number of aromatic nitrogens is 1. The summed E-state index contributed by atoms with van der Waals surface area (Å²) in [5.41, 5.74) is 0.407. The fraction of sp³-hybridized carbons (Fsp3) is 0.611. The molecule has 5 nitrogen and oxygen atoms in total. The summed E-state index contributed by atoms with van der Waals surface area (Å²) in [7, 11) is 0. The van der Waals surface area contributed by atoms with E-state index in [2.05, 4.69) is 10.3 Å². The molecule has 0 spiro atoms. The second-order valence-corrected chi connectivity index (χ2v) is 6.72. The normalized spacial score (nSPS) is 16.4. The molecule has 1 N–H and O–H groups in total. The number of rotatable bonds is 7. The first-order chi connectivity index (χ1) is 11.6. The van der Waals surface area contributed by atoms with E-state index in [1.807, 2.05) is 0 Å². The van der Waals surface area contributed by atoms with E-state index in [0.717, 1.165) is 18.8 Å². The largest absolute Gasteiger partial charge is 0.453 e. The van der Waals surface area contributed by atoms with Gasteiger partial charge in [0.25, 0.3) is 5.91 Å². The first-order valence-electron chi connectivity index (χ1n) is 8.67. The van der Waals surface area contributed by atoms with Crippen molar-refractivity contribution in [3.63, 3.8) is 0 Å². The van der Waals surface area contributed by atoms with Crippen molar-refractivity contribution in [3.8, 4) is 0 Å². The average molecular weight is 353 g/mol. The van der Waals surface area contributed by atoms with E-state index in [1.165, 1.54) is 38.3 Å². The van der Waals surface area contributed by atoms with Crippen LogP contribution >= 0.6 is 11.6 Å². The third-order valence-electron chi connectivity index (χ3n) is 4.41. The molecular formula is C18H25ClN2O3. The first-order valence-corrected chi connectivity index (χ1v) is 9.05. The smallest absolute Gasteiger partial charge is 0.306 e. The Morgan fingerprint density at radius 1 is 1.38 bits per heavy atom. The SMILES string of the molecule is CC(OC(=O)CCCC1CCCCC1)C(=O)Nc1cccnc1Cl. The van der Waals surface area contributed by atoms with Gasteiger partial charge in [-0.25, -0.2) is 4.98 Å². The second-order valence-electron chi connectivity index (χ2n) is 6.36. The number of carbonyl (C=O) groups excluding carboxylic acids is 2. The molecule has 0 aliphatic heterocycles. The average Bonchev–Trinajstić information content (AvgIpc) is 2.57. The highest BCUT2D eigenvalue weighted by Crippen LogP contribution is 2.27. The number of hydrogen-bond donors (Lipinski definition) is 1. The molecule has 0 bridgehead atoms. The van der Waals surface area contributed by atoms with Crippen molar-refractivity contribution in [2.45, 2.75) is 64.4 Å². The highest BCUT2D eigenvalue weighted by molar-refractivity contribution is 6.32. The van der Waals surface area contributed by atoms with E-state index >= 15 is 0 Å². The highest BCUT2D eigenvalue weighted by atomic mass is 35.5. The van der Waals surface area contributed by atoms with Crippen LogP contribution in [0.5, 0.6) is 0 Å². The molecule has 1 atom stereocenters. The Labute approximate surface area is 148 Å². The van der Waals surface area contributed by atoms with Crippen LogP contribution in [0.2, 0.25) is 5.15 Å². The van der Waals surface area contributed by atoms with Gasteiger partial charge >= 0.3 is 5.97 Å². The van der Waals surface area contributed by atoms with Gasteiger partial charge in [0.05, 0.1) is 5.69 Å². The van der Waals surface area contributed by atoms with E-state index in [-0.39, 0.29) is 11.1 Å². The quantitative estimate of drug-likeness (QED) is 0.585. The minimum absolute atomic E-state index is 0.205. The number of anilines is 1. The molecule has 1 aliphatic rings. The maximum absolute atomic E-state index is 12.0. The molecule has 1 fully saturated rings. The van der Waals surface area contributed by atoms with Gasteiger partial charge in [-0.3, -0.25) is 9.59 Å². The zero-order valence-corrected chi connectivity index (χ0v) is 14.8. The predicted molar refractivity (Wildman–Crippen MR) is 93.9 cm³/mol. The summed E-state index contributed by atoms with van der Waals surface area (Å²) in [6.07, 6.45) is 9.45. The van der Waals surface area contributed by atoms with E-state index in [9.17, 15) is 9.59 Å². The molecule has 6 heteroatoms. The Balaban J connectivity index is 1.68. The summed E-state index contributed by atoms with van der Waals surface area (Å²) in [5, 5.41) is 2.82. The number of nitrogens with zero attached hydrogens (tertiary/aromatic N) is 1. The lowest BCUT2D eigenvalue weighted by Gasteiger charge is -2.21. The molecule has 1 unspecified atom stereocenters. The molecule has 2 rings (SSSR count). The van der Waals surface area contributed by atoms with Gasteiger partial charge in [-0.2, -0.15) is 0 Å². The lowest BCUT2D eigenvalue weighted by Crippen LogP contribution is -2.30. The summed E-state index contributed by atoms with van der Waals surface area (Å²) < 4.78 is 5.20. The molecule has 1 aromatic heterocycles. The topological polar surface area (TPSA) is 68.3 Å². The van der Waals surface area contributed by atoms with Crippen molar-refractivity contribution in [2.24, 2.45) is 5.92 Å². The minimum Gasteiger partial charge on any atom is -0.453 e. The number of amides is 1. The third kappa shape index (κ3) is 6.11. The van der Waals surface area contributed by atoms with Crippen molar-refractivity contribution < 1.29 is 14.3 Å². The summed E-state index contributed by atoms with van der Waals surface area (Å²) >= 11 is 5.89. The van der Waals surface area contributed by atoms with Gasteiger partial charge in [-0.05, 0) is 37.8 Å². The van der Waals surface area contributed by atoms with Crippen LogP contribution in [0.15, 0.2) is 18.3 Å². The van der Waals surface area contributed by atoms with Gasteiger partial charge in [0.1, 0.15) is 0 Å². The molecule has 1 aromatic rings. The van der Waals surface area contributed by atoms with Crippen molar-refractivity contribution in [2.75, 3.05) is 5.32 Å². The van der Waals surface area contributed by atoms with Crippen molar-refractivity contribution >= 4 is 29.2 Å². The molecule has 1 aliphatic carbocycles. The Morgan fingerprint density at radius 3 is 2.83 bits per heavy atom. The summed E-state index contributed by atoms with van der Waals surface area (Å²) in [4.78, 5) is 27.8. The van der Waals surface area contributed by atoms with Crippen LogP contribution in [0.3, 0.4) is 0 Å².